The maximum atomic E-state index is 12.4. The zero-order chi connectivity index (χ0) is 14.9. The molecule has 106 valence electrons. The molecule has 0 aliphatic rings. The second-order valence-corrected chi connectivity index (χ2v) is 3.84. The Balaban J connectivity index is 2.37. The predicted molar refractivity (Wildman–Crippen MR) is 61.6 cm³/mol. The van der Waals surface area contributed by atoms with Crippen LogP contribution in [0.3, 0.4) is 0 Å². The molecule has 0 saturated carbocycles. The van der Waals surface area contributed by atoms with Crippen molar-refractivity contribution in [3.63, 3.8) is 0 Å². The van der Waals surface area contributed by atoms with E-state index >= 15 is 0 Å². The van der Waals surface area contributed by atoms with E-state index in [2.05, 4.69) is 9.84 Å². The summed E-state index contributed by atoms with van der Waals surface area (Å²) in [4.78, 5) is 11.2. The van der Waals surface area contributed by atoms with Gasteiger partial charge in [-0.15, -0.1) is 0 Å². The van der Waals surface area contributed by atoms with Crippen LogP contribution in [0.5, 0.6) is 5.88 Å². The molecule has 0 aliphatic heterocycles. The van der Waals surface area contributed by atoms with Crippen LogP contribution >= 0.6 is 0 Å². The first kappa shape index (κ1) is 13.9. The van der Waals surface area contributed by atoms with Crippen molar-refractivity contribution in [2.24, 2.45) is 0 Å². The molecule has 0 saturated heterocycles. The lowest BCUT2D eigenvalue weighted by Gasteiger charge is -2.08. The number of methoxy groups -OCH3 is 1. The van der Waals surface area contributed by atoms with Crippen molar-refractivity contribution in [2.45, 2.75) is 6.18 Å². The fourth-order valence-electron chi connectivity index (χ4n) is 1.56. The molecule has 5 nitrogen and oxygen atoms in total. The predicted octanol–water partition coefficient (Wildman–Crippen LogP) is 2.38. The SMILES string of the molecule is COC(=O)c1cc(O)n(-c2ccc(C(F)(F)F)cc2)n1. The number of nitrogens with zero attached hydrogens (tertiary/aromatic N) is 2. The van der Waals surface area contributed by atoms with Crippen LogP contribution in [0.25, 0.3) is 5.69 Å². The number of benzene rings is 1. The lowest BCUT2D eigenvalue weighted by molar-refractivity contribution is -0.137. The minimum atomic E-state index is -4.44. The van der Waals surface area contributed by atoms with E-state index in [0.29, 0.717) is 0 Å². The van der Waals surface area contributed by atoms with Gasteiger partial charge in [0.25, 0.3) is 0 Å². The van der Waals surface area contributed by atoms with Crippen molar-refractivity contribution >= 4 is 5.97 Å². The molecule has 0 unspecified atom stereocenters. The Labute approximate surface area is 111 Å². The van der Waals surface area contributed by atoms with Crippen LogP contribution in [-0.2, 0) is 10.9 Å². The molecule has 2 aromatic rings. The van der Waals surface area contributed by atoms with Gasteiger partial charge in [-0.2, -0.15) is 18.3 Å². The van der Waals surface area contributed by atoms with Gasteiger partial charge in [0, 0.05) is 6.07 Å². The van der Waals surface area contributed by atoms with E-state index in [4.69, 9.17) is 0 Å². The van der Waals surface area contributed by atoms with Crippen molar-refractivity contribution in [3.05, 3.63) is 41.6 Å². The Hall–Kier alpha value is -2.51. The molecule has 0 radical (unpaired) electrons. The van der Waals surface area contributed by atoms with Crippen LogP contribution in [-0.4, -0.2) is 28.0 Å². The van der Waals surface area contributed by atoms with Gasteiger partial charge in [0.15, 0.2) is 5.69 Å². The first-order valence-corrected chi connectivity index (χ1v) is 5.38. The number of aromatic nitrogens is 2. The van der Waals surface area contributed by atoms with E-state index < -0.39 is 17.7 Å². The summed E-state index contributed by atoms with van der Waals surface area (Å²) >= 11 is 0. The van der Waals surface area contributed by atoms with Gasteiger partial charge in [0.2, 0.25) is 5.88 Å². The number of hydrogen-bond donors (Lipinski definition) is 1. The third-order valence-corrected chi connectivity index (χ3v) is 2.52. The third kappa shape index (κ3) is 2.58. The highest BCUT2D eigenvalue weighted by molar-refractivity contribution is 5.87. The molecule has 0 atom stereocenters. The molecule has 8 heteroatoms. The lowest BCUT2D eigenvalue weighted by Crippen LogP contribution is -2.06. The largest absolute Gasteiger partial charge is 0.493 e. The molecule has 1 aromatic heterocycles. The molecule has 0 amide bonds. The first-order chi connectivity index (χ1) is 9.32. The Kier molecular flexibility index (Phi) is 3.39. The monoisotopic (exact) mass is 286 g/mol. The Morgan fingerprint density at radius 3 is 2.40 bits per heavy atom. The molecule has 2 rings (SSSR count). The van der Waals surface area contributed by atoms with Crippen LogP contribution in [0, 0.1) is 0 Å². The Bertz CT molecular complexity index is 632. The minimum Gasteiger partial charge on any atom is -0.493 e. The fourth-order valence-corrected chi connectivity index (χ4v) is 1.56. The van der Waals surface area contributed by atoms with E-state index in [1.165, 1.54) is 0 Å². The standard InChI is InChI=1S/C12H9F3N2O3/c1-20-11(19)9-6-10(18)17(16-9)8-4-2-7(3-5-8)12(13,14)15/h2-6,18H,1H3. The number of hydrogen-bond acceptors (Lipinski definition) is 4. The van der Waals surface area contributed by atoms with Crippen molar-refractivity contribution in [2.75, 3.05) is 7.11 Å². The summed E-state index contributed by atoms with van der Waals surface area (Å²) in [5.41, 5.74) is -0.781. The summed E-state index contributed by atoms with van der Waals surface area (Å²) in [7, 11) is 1.15. The molecule has 0 spiro atoms. The van der Waals surface area contributed by atoms with Crippen molar-refractivity contribution in [1.82, 2.24) is 9.78 Å². The zero-order valence-corrected chi connectivity index (χ0v) is 10.2. The summed E-state index contributed by atoms with van der Waals surface area (Å²) in [5.74, 6) is -1.14. The van der Waals surface area contributed by atoms with Gasteiger partial charge in [0.05, 0.1) is 18.4 Å². The number of carbonyl (C=O) groups is 1. The maximum absolute atomic E-state index is 12.4. The van der Waals surface area contributed by atoms with E-state index in [9.17, 15) is 23.1 Å². The highest BCUT2D eigenvalue weighted by atomic mass is 19.4. The normalized spacial score (nSPS) is 11.4. The minimum absolute atomic E-state index is 0.148. The third-order valence-electron chi connectivity index (χ3n) is 2.52. The van der Waals surface area contributed by atoms with Gasteiger partial charge in [-0.3, -0.25) is 0 Å². The van der Waals surface area contributed by atoms with E-state index in [1.54, 1.807) is 0 Å². The van der Waals surface area contributed by atoms with Gasteiger partial charge in [-0.1, -0.05) is 0 Å². The summed E-state index contributed by atoms with van der Waals surface area (Å²) in [6.45, 7) is 0. The summed E-state index contributed by atoms with van der Waals surface area (Å²) in [6, 6.07) is 5.04. The van der Waals surface area contributed by atoms with E-state index in [-0.39, 0.29) is 17.3 Å². The molecular weight excluding hydrogens is 277 g/mol. The molecule has 1 heterocycles. The summed E-state index contributed by atoms with van der Waals surface area (Å²) in [5, 5.41) is 13.4. The topological polar surface area (TPSA) is 64.3 Å². The van der Waals surface area contributed by atoms with Crippen LogP contribution in [0.1, 0.15) is 16.1 Å². The second-order valence-electron chi connectivity index (χ2n) is 3.84. The average Bonchev–Trinajstić information content (AvgIpc) is 2.79. The fraction of sp³-hybridized carbons (Fsp3) is 0.167. The average molecular weight is 286 g/mol. The maximum Gasteiger partial charge on any atom is 0.416 e. The molecule has 1 aromatic carbocycles. The van der Waals surface area contributed by atoms with Crippen LogP contribution in [0.2, 0.25) is 0 Å². The Morgan fingerprint density at radius 1 is 1.30 bits per heavy atom. The quantitative estimate of drug-likeness (QED) is 0.861. The van der Waals surface area contributed by atoms with Crippen LogP contribution in [0.4, 0.5) is 13.2 Å². The molecule has 0 fully saturated rings. The number of ether oxygens (including phenoxy) is 1. The smallest absolute Gasteiger partial charge is 0.416 e. The molecule has 0 aliphatic carbocycles. The van der Waals surface area contributed by atoms with Gasteiger partial charge < -0.3 is 9.84 Å². The van der Waals surface area contributed by atoms with Crippen LogP contribution in [0.15, 0.2) is 30.3 Å². The molecule has 20 heavy (non-hydrogen) atoms. The van der Waals surface area contributed by atoms with Gasteiger partial charge in [-0.25, -0.2) is 9.48 Å². The Morgan fingerprint density at radius 2 is 1.90 bits per heavy atom. The van der Waals surface area contributed by atoms with Gasteiger partial charge in [-0.05, 0) is 24.3 Å². The lowest BCUT2D eigenvalue weighted by atomic mass is 10.2. The molecular formula is C12H9F3N2O3. The van der Waals surface area contributed by atoms with Gasteiger partial charge in [0.1, 0.15) is 0 Å². The van der Waals surface area contributed by atoms with Gasteiger partial charge >= 0.3 is 12.1 Å². The summed E-state index contributed by atoms with van der Waals surface area (Å²) in [6.07, 6.45) is -4.44. The number of aromatic hydroxyl groups is 1. The number of esters is 1. The number of alkyl halides is 3. The molecule has 1 N–H and O–H groups in total. The van der Waals surface area contributed by atoms with E-state index in [1.807, 2.05) is 0 Å². The highest BCUT2D eigenvalue weighted by Crippen LogP contribution is 2.30. The molecule has 0 bridgehead atoms. The number of carbonyl (C=O) groups excluding carboxylic acids is 1. The van der Waals surface area contributed by atoms with E-state index in [0.717, 1.165) is 42.1 Å². The second kappa shape index (κ2) is 4.87. The van der Waals surface area contributed by atoms with Crippen molar-refractivity contribution in [3.8, 4) is 11.6 Å². The number of halogens is 3. The highest BCUT2D eigenvalue weighted by Gasteiger charge is 2.30. The van der Waals surface area contributed by atoms with Crippen molar-refractivity contribution < 1.29 is 27.8 Å². The van der Waals surface area contributed by atoms with Crippen molar-refractivity contribution in [1.29, 1.82) is 0 Å². The van der Waals surface area contributed by atoms with Crippen LogP contribution < -0.4 is 0 Å². The zero-order valence-electron chi connectivity index (χ0n) is 10.2. The summed E-state index contributed by atoms with van der Waals surface area (Å²) < 4.78 is 42.6. The number of rotatable bonds is 2. The first-order valence-electron chi connectivity index (χ1n) is 5.38.